The second-order valence-electron chi connectivity index (χ2n) is 7.41. The summed E-state index contributed by atoms with van der Waals surface area (Å²) in [5, 5.41) is 0. The predicted octanol–water partition coefficient (Wildman–Crippen LogP) is 3.42. The highest BCUT2D eigenvalue weighted by Gasteiger charge is 2.31. The average Bonchev–Trinajstić information content (AvgIpc) is 3.04. The lowest BCUT2D eigenvalue weighted by Gasteiger charge is -2.32. The zero-order valence-electron chi connectivity index (χ0n) is 15.1. The van der Waals surface area contributed by atoms with Crippen LogP contribution in [-0.2, 0) is 13.0 Å². The Morgan fingerprint density at radius 1 is 1.04 bits per heavy atom. The third-order valence-electron chi connectivity index (χ3n) is 5.93. The number of piperidine rings is 1. The average molecular weight is 316 g/mol. The standard InChI is InChI=1S/C20H32N2O/c1-4-16-13-20(23-3)6-5-18(16)14-22-12-9-19(15-22)17-7-10-21(2)11-8-17/h5-6,13,17,19H,4,7-12,14-15H2,1-3H3. The first-order chi connectivity index (χ1) is 11.2. The molecular formula is C20H32N2O. The van der Waals surface area contributed by atoms with E-state index in [2.05, 4.69) is 42.0 Å². The highest BCUT2D eigenvalue weighted by molar-refractivity contribution is 5.35. The molecular weight excluding hydrogens is 284 g/mol. The van der Waals surface area contributed by atoms with Crippen LogP contribution in [0.1, 0.15) is 37.3 Å². The first-order valence-electron chi connectivity index (χ1n) is 9.26. The summed E-state index contributed by atoms with van der Waals surface area (Å²) in [5.41, 5.74) is 2.92. The van der Waals surface area contributed by atoms with Gasteiger partial charge in [-0.25, -0.2) is 0 Å². The second-order valence-corrected chi connectivity index (χ2v) is 7.41. The van der Waals surface area contributed by atoms with E-state index in [-0.39, 0.29) is 0 Å². The van der Waals surface area contributed by atoms with Gasteiger partial charge in [-0.1, -0.05) is 13.0 Å². The summed E-state index contributed by atoms with van der Waals surface area (Å²) in [5.74, 6) is 2.86. The molecule has 0 bridgehead atoms. The molecule has 2 fully saturated rings. The van der Waals surface area contributed by atoms with Gasteiger partial charge in [0, 0.05) is 13.1 Å². The van der Waals surface area contributed by atoms with Crippen molar-refractivity contribution >= 4 is 0 Å². The molecule has 0 spiro atoms. The molecule has 0 N–H and O–H groups in total. The van der Waals surface area contributed by atoms with E-state index < -0.39 is 0 Å². The molecule has 1 aromatic rings. The fourth-order valence-corrected chi connectivity index (χ4v) is 4.34. The Hall–Kier alpha value is -1.06. The number of methoxy groups -OCH3 is 1. The quantitative estimate of drug-likeness (QED) is 0.828. The molecule has 3 nitrogen and oxygen atoms in total. The number of ether oxygens (including phenoxy) is 1. The van der Waals surface area contributed by atoms with Crippen molar-refractivity contribution in [1.29, 1.82) is 0 Å². The van der Waals surface area contributed by atoms with Crippen molar-refractivity contribution in [3.8, 4) is 5.75 Å². The van der Waals surface area contributed by atoms with Gasteiger partial charge in [-0.2, -0.15) is 0 Å². The summed E-state index contributed by atoms with van der Waals surface area (Å²) in [7, 11) is 4.01. The van der Waals surface area contributed by atoms with Crippen LogP contribution in [0.4, 0.5) is 0 Å². The number of rotatable bonds is 5. The molecule has 2 heterocycles. The minimum Gasteiger partial charge on any atom is -0.497 e. The smallest absolute Gasteiger partial charge is 0.119 e. The summed E-state index contributed by atoms with van der Waals surface area (Å²) in [6, 6.07) is 6.58. The summed E-state index contributed by atoms with van der Waals surface area (Å²) < 4.78 is 5.37. The van der Waals surface area contributed by atoms with E-state index >= 15 is 0 Å². The third-order valence-corrected chi connectivity index (χ3v) is 5.93. The van der Waals surface area contributed by atoms with Gasteiger partial charge in [-0.3, -0.25) is 4.90 Å². The highest BCUT2D eigenvalue weighted by atomic mass is 16.5. The molecule has 0 aromatic heterocycles. The lowest BCUT2D eigenvalue weighted by Crippen LogP contribution is -2.34. The molecule has 0 amide bonds. The molecule has 2 saturated heterocycles. The highest BCUT2D eigenvalue weighted by Crippen LogP contribution is 2.32. The van der Waals surface area contributed by atoms with Crippen LogP contribution >= 0.6 is 0 Å². The number of hydrogen-bond donors (Lipinski definition) is 0. The SMILES string of the molecule is CCc1cc(OC)ccc1CN1CCC(C2CCN(C)CC2)C1. The molecule has 3 rings (SSSR count). The molecule has 3 heteroatoms. The molecule has 128 valence electrons. The molecule has 1 unspecified atom stereocenters. The van der Waals surface area contributed by atoms with Crippen LogP contribution in [0.25, 0.3) is 0 Å². The van der Waals surface area contributed by atoms with Crippen LogP contribution in [0, 0.1) is 11.8 Å². The normalized spacial score (nSPS) is 24.2. The van der Waals surface area contributed by atoms with Gasteiger partial charge in [0.2, 0.25) is 0 Å². The second kappa shape index (κ2) is 7.67. The maximum atomic E-state index is 5.37. The maximum absolute atomic E-state index is 5.37. The first kappa shape index (κ1) is 16.8. The van der Waals surface area contributed by atoms with Crippen LogP contribution < -0.4 is 4.74 Å². The molecule has 0 saturated carbocycles. The lowest BCUT2D eigenvalue weighted by molar-refractivity contribution is 0.169. The fraction of sp³-hybridized carbons (Fsp3) is 0.700. The van der Waals surface area contributed by atoms with Gasteiger partial charge < -0.3 is 9.64 Å². The predicted molar refractivity (Wildman–Crippen MR) is 96.0 cm³/mol. The van der Waals surface area contributed by atoms with Crippen LogP contribution in [-0.4, -0.2) is 50.1 Å². The fourth-order valence-electron chi connectivity index (χ4n) is 4.34. The van der Waals surface area contributed by atoms with Gasteiger partial charge >= 0.3 is 0 Å². The van der Waals surface area contributed by atoms with Gasteiger partial charge in [0.15, 0.2) is 0 Å². The Balaban J connectivity index is 1.57. The monoisotopic (exact) mass is 316 g/mol. The van der Waals surface area contributed by atoms with E-state index in [1.807, 2.05) is 0 Å². The number of nitrogens with zero attached hydrogens (tertiary/aromatic N) is 2. The van der Waals surface area contributed by atoms with Gasteiger partial charge in [0.05, 0.1) is 7.11 Å². The number of benzene rings is 1. The largest absolute Gasteiger partial charge is 0.497 e. The molecule has 0 radical (unpaired) electrons. The Kier molecular flexibility index (Phi) is 5.60. The number of aryl methyl sites for hydroxylation is 1. The van der Waals surface area contributed by atoms with E-state index in [0.717, 1.165) is 30.6 Å². The van der Waals surface area contributed by atoms with Crippen LogP contribution in [0.3, 0.4) is 0 Å². The van der Waals surface area contributed by atoms with Crippen molar-refractivity contribution in [3.63, 3.8) is 0 Å². The summed E-state index contributed by atoms with van der Waals surface area (Å²) in [6.07, 6.45) is 5.28. The minimum atomic E-state index is 0.923. The van der Waals surface area contributed by atoms with Crippen LogP contribution in [0.2, 0.25) is 0 Å². The van der Waals surface area contributed by atoms with Gasteiger partial charge in [0.1, 0.15) is 5.75 Å². The summed E-state index contributed by atoms with van der Waals surface area (Å²) in [6.45, 7) is 8.49. The molecule has 2 aliphatic heterocycles. The molecule has 1 aromatic carbocycles. The van der Waals surface area contributed by atoms with Crippen molar-refractivity contribution in [1.82, 2.24) is 9.80 Å². The Morgan fingerprint density at radius 2 is 1.78 bits per heavy atom. The molecule has 2 aliphatic rings. The van der Waals surface area contributed by atoms with Gasteiger partial charge in [-0.15, -0.1) is 0 Å². The number of likely N-dealkylation sites (tertiary alicyclic amines) is 2. The van der Waals surface area contributed by atoms with Crippen molar-refractivity contribution in [2.75, 3.05) is 40.3 Å². The Bertz CT molecular complexity index is 508. The van der Waals surface area contributed by atoms with Crippen molar-refractivity contribution in [2.24, 2.45) is 11.8 Å². The van der Waals surface area contributed by atoms with Gasteiger partial charge in [0.25, 0.3) is 0 Å². The zero-order valence-corrected chi connectivity index (χ0v) is 15.1. The number of hydrogen-bond acceptors (Lipinski definition) is 3. The van der Waals surface area contributed by atoms with E-state index in [1.54, 1.807) is 7.11 Å². The van der Waals surface area contributed by atoms with E-state index in [4.69, 9.17) is 4.74 Å². The Labute approximate surface area is 141 Å². The maximum Gasteiger partial charge on any atom is 0.119 e. The Morgan fingerprint density at radius 3 is 2.48 bits per heavy atom. The van der Waals surface area contributed by atoms with E-state index in [0.29, 0.717) is 0 Å². The van der Waals surface area contributed by atoms with Crippen LogP contribution in [0.5, 0.6) is 5.75 Å². The minimum absolute atomic E-state index is 0.923. The topological polar surface area (TPSA) is 15.7 Å². The van der Waals surface area contributed by atoms with Crippen molar-refractivity contribution in [3.05, 3.63) is 29.3 Å². The van der Waals surface area contributed by atoms with Gasteiger partial charge in [-0.05, 0) is 87.5 Å². The van der Waals surface area contributed by atoms with Crippen LogP contribution in [0.15, 0.2) is 18.2 Å². The molecule has 0 aliphatic carbocycles. The van der Waals surface area contributed by atoms with Crippen molar-refractivity contribution < 1.29 is 4.74 Å². The summed E-state index contributed by atoms with van der Waals surface area (Å²) in [4.78, 5) is 5.15. The first-order valence-corrected chi connectivity index (χ1v) is 9.26. The van der Waals surface area contributed by atoms with E-state index in [9.17, 15) is 0 Å². The molecule has 23 heavy (non-hydrogen) atoms. The van der Waals surface area contributed by atoms with Crippen molar-refractivity contribution in [2.45, 2.75) is 39.2 Å². The lowest BCUT2D eigenvalue weighted by atomic mass is 9.84. The van der Waals surface area contributed by atoms with E-state index in [1.165, 1.54) is 56.6 Å². The molecule has 1 atom stereocenters. The summed E-state index contributed by atoms with van der Waals surface area (Å²) >= 11 is 0. The third kappa shape index (κ3) is 4.07. The zero-order chi connectivity index (χ0) is 16.2.